The molecule has 0 unspecified atom stereocenters. The normalized spacial score (nSPS) is 14.0. The van der Waals surface area contributed by atoms with E-state index < -0.39 is 0 Å². The largest absolute Gasteiger partial charge is 0.0776 e. The third-order valence-corrected chi connectivity index (χ3v) is 5.72. The molecule has 0 saturated carbocycles. The third kappa shape index (κ3) is 15.5. The van der Waals surface area contributed by atoms with Gasteiger partial charge in [0.15, 0.2) is 0 Å². The predicted molar refractivity (Wildman–Crippen MR) is 115 cm³/mol. The molecule has 0 aromatic carbocycles. The highest BCUT2D eigenvalue weighted by atomic mass is 14.1. The molecule has 0 fully saturated rings. The van der Waals surface area contributed by atoms with Gasteiger partial charge in [0.05, 0.1) is 0 Å². The predicted octanol–water partition coefficient (Wildman–Crippen LogP) is 9.16. The number of hydrogen-bond acceptors (Lipinski definition) is 0. The maximum atomic E-state index is 2.34. The van der Waals surface area contributed by atoms with Gasteiger partial charge >= 0.3 is 0 Å². The molecule has 0 nitrogen and oxygen atoms in total. The van der Waals surface area contributed by atoms with Crippen molar-refractivity contribution in [2.75, 3.05) is 0 Å². The maximum absolute atomic E-state index is 2.34. The molecular formula is C25H46. The van der Waals surface area contributed by atoms with E-state index in [2.05, 4.69) is 31.2 Å². The Labute approximate surface area is 159 Å². The topological polar surface area (TPSA) is 0 Å². The fraction of sp³-hybridized carbons (Fsp3) is 0.840. The molecule has 0 bridgehead atoms. The minimum atomic E-state index is 0.751. The first-order chi connectivity index (χ1) is 12.4. The van der Waals surface area contributed by atoms with E-state index in [0.29, 0.717) is 0 Å². The van der Waals surface area contributed by atoms with E-state index in [1.165, 1.54) is 122 Å². The maximum Gasteiger partial charge on any atom is -0.00473 e. The molecular weight excluding hydrogens is 300 g/mol. The van der Waals surface area contributed by atoms with E-state index in [0.717, 1.165) is 5.92 Å². The van der Waals surface area contributed by atoms with Crippen LogP contribution < -0.4 is 0 Å². The van der Waals surface area contributed by atoms with Crippen molar-refractivity contribution in [3.63, 3.8) is 0 Å². The van der Waals surface area contributed by atoms with Crippen LogP contribution in [0.2, 0.25) is 0 Å². The first-order valence-corrected chi connectivity index (χ1v) is 11.8. The second kappa shape index (κ2) is 18.3. The van der Waals surface area contributed by atoms with Crippen LogP contribution in [0, 0.1) is 5.92 Å². The standard InChI is InChI=1S/C25H46/c1-2-3-4-5-6-7-8-9-10-11-12-13-14-15-16-17-18-19-22-25-23-20-21-24-25/h20-21,23-25H,2-19,22H2,1H3. The molecule has 0 saturated heterocycles. The Morgan fingerprint density at radius 1 is 0.440 bits per heavy atom. The van der Waals surface area contributed by atoms with Crippen LogP contribution in [0.5, 0.6) is 0 Å². The Morgan fingerprint density at radius 2 is 0.760 bits per heavy atom. The Bertz CT molecular complexity index is 300. The average molecular weight is 347 g/mol. The van der Waals surface area contributed by atoms with Crippen LogP contribution in [0.25, 0.3) is 0 Å². The summed E-state index contributed by atoms with van der Waals surface area (Å²) in [6.45, 7) is 2.30. The monoisotopic (exact) mass is 346 g/mol. The molecule has 0 heterocycles. The highest BCUT2D eigenvalue weighted by molar-refractivity contribution is 5.17. The zero-order valence-electron chi connectivity index (χ0n) is 17.3. The number of allylic oxidation sites excluding steroid dienone is 4. The molecule has 0 amide bonds. The van der Waals surface area contributed by atoms with E-state index in [-0.39, 0.29) is 0 Å². The summed E-state index contributed by atoms with van der Waals surface area (Å²) in [6, 6.07) is 0. The van der Waals surface area contributed by atoms with Gasteiger partial charge in [-0.15, -0.1) is 0 Å². The van der Waals surface area contributed by atoms with E-state index in [1.807, 2.05) is 0 Å². The molecule has 25 heavy (non-hydrogen) atoms. The van der Waals surface area contributed by atoms with E-state index in [1.54, 1.807) is 0 Å². The van der Waals surface area contributed by atoms with Gasteiger partial charge in [-0.05, 0) is 12.3 Å². The molecule has 0 atom stereocenters. The second-order valence-electron chi connectivity index (χ2n) is 8.23. The van der Waals surface area contributed by atoms with Crippen molar-refractivity contribution < 1.29 is 0 Å². The summed E-state index contributed by atoms with van der Waals surface area (Å²) < 4.78 is 0. The van der Waals surface area contributed by atoms with Crippen molar-refractivity contribution >= 4 is 0 Å². The fourth-order valence-corrected chi connectivity index (χ4v) is 3.95. The Balaban J connectivity index is 1.64. The molecule has 146 valence electrons. The smallest absolute Gasteiger partial charge is 0.00473 e. The second-order valence-corrected chi connectivity index (χ2v) is 8.23. The van der Waals surface area contributed by atoms with Crippen LogP contribution in [0.4, 0.5) is 0 Å². The summed E-state index contributed by atoms with van der Waals surface area (Å²) in [5, 5.41) is 0. The van der Waals surface area contributed by atoms with Gasteiger partial charge in [-0.2, -0.15) is 0 Å². The zero-order valence-corrected chi connectivity index (χ0v) is 17.3. The van der Waals surface area contributed by atoms with Crippen molar-refractivity contribution in [2.24, 2.45) is 5.92 Å². The van der Waals surface area contributed by atoms with Gasteiger partial charge in [0.1, 0.15) is 0 Å². The molecule has 0 aromatic rings. The van der Waals surface area contributed by atoms with E-state index in [4.69, 9.17) is 0 Å². The Hall–Kier alpha value is -0.520. The van der Waals surface area contributed by atoms with Crippen molar-refractivity contribution in [3.8, 4) is 0 Å². The van der Waals surface area contributed by atoms with Crippen LogP contribution in [0.15, 0.2) is 24.3 Å². The van der Waals surface area contributed by atoms with Crippen molar-refractivity contribution in [1.82, 2.24) is 0 Å². The third-order valence-electron chi connectivity index (χ3n) is 5.72. The van der Waals surface area contributed by atoms with Gasteiger partial charge in [0, 0.05) is 0 Å². The lowest BCUT2D eigenvalue weighted by atomic mass is 10.0. The highest BCUT2D eigenvalue weighted by Crippen LogP contribution is 2.18. The van der Waals surface area contributed by atoms with Crippen molar-refractivity contribution in [2.45, 2.75) is 129 Å². The summed E-state index contributed by atoms with van der Waals surface area (Å²) in [4.78, 5) is 0. The molecule has 1 aliphatic rings. The zero-order chi connectivity index (χ0) is 17.8. The van der Waals surface area contributed by atoms with Crippen LogP contribution in [-0.2, 0) is 0 Å². The highest BCUT2D eigenvalue weighted by Gasteiger charge is 2.02. The van der Waals surface area contributed by atoms with E-state index >= 15 is 0 Å². The number of hydrogen-bond donors (Lipinski definition) is 0. The summed E-state index contributed by atoms with van der Waals surface area (Å²) >= 11 is 0. The van der Waals surface area contributed by atoms with Crippen molar-refractivity contribution in [3.05, 3.63) is 24.3 Å². The molecule has 0 aliphatic heterocycles. The number of rotatable bonds is 19. The van der Waals surface area contributed by atoms with Gasteiger partial charge in [-0.3, -0.25) is 0 Å². The van der Waals surface area contributed by atoms with Gasteiger partial charge in [0.2, 0.25) is 0 Å². The lowest BCUT2D eigenvalue weighted by molar-refractivity contribution is 0.520. The first-order valence-electron chi connectivity index (χ1n) is 11.8. The van der Waals surface area contributed by atoms with Crippen molar-refractivity contribution in [1.29, 1.82) is 0 Å². The van der Waals surface area contributed by atoms with Gasteiger partial charge in [-0.1, -0.05) is 147 Å². The molecule has 0 radical (unpaired) electrons. The quantitative estimate of drug-likeness (QED) is 0.204. The number of unbranched alkanes of at least 4 members (excludes halogenated alkanes) is 17. The Kier molecular flexibility index (Phi) is 16.5. The minimum absolute atomic E-state index is 0.751. The van der Waals surface area contributed by atoms with Gasteiger partial charge in [0.25, 0.3) is 0 Å². The van der Waals surface area contributed by atoms with E-state index in [9.17, 15) is 0 Å². The summed E-state index contributed by atoms with van der Waals surface area (Å²) in [7, 11) is 0. The summed E-state index contributed by atoms with van der Waals surface area (Å²) in [5.74, 6) is 0.751. The molecule has 0 aromatic heterocycles. The fourth-order valence-electron chi connectivity index (χ4n) is 3.95. The van der Waals surface area contributed by atoms with Crippen LogP contribution in [-0.4, -0.2) is 0 Å². The van der Waals surface area contributed by atoms with Crippen LogP contribution >= 0.6 is 0 Å². The molecule has 0 spiro atoms. The lowest BCUT2D eigenvalue weighted by Crippen LogP contribution is -1.89. The molecule has 0 N–H and O–H groups in total. The SMILES string of the molecule is CCCCCCCCCCCCCCCCCCCCC1C=CC=C1. The Morgan fingerprint density at radius 3 is 1.12 bits per heavy atom. The van der Waals surface area contributed by atoms with Crippen LogP contribution in [0.3, 0.4) is 0 Å². The lowest BCUT2D eigenvalue weighted by Gasteiger charge is -2.05. The molecule has 1 rings (SSSR count). The van der Waals surface area contributed by atoms with Gasteiger partial charge in [-0.25, -0.2) is 0 Å². The van der Waals surface area contributed by atoms with Gasteiger partial charge < -0.3 is 0 Å². The molecule has 0 heteroatoms. The average Bonchev–Trinajstić information content (AvgIpc) is 3.14. The summed E-state index contributed by atoms with van der Waals surface area (Å²) in [6.07, 6.45) is 36.8. The molecule has 1 aliphatic carbocycles. The van der Waals surface area contributed by atoms with Crippen LogP contribution in [0.1, 0.15) is 129 Å². The summed E-state index contributed by atoms with van der Waals surface area (Å²) in [5.41, 5.74) is 0. The first kappa shape index (κ1) is 22.5. The minimum Gasteiger partial charge on any atom is -0.0776 e.